The van der Waals surface area contributed by atoms with Gasteiger partial charge in [0.2, 0.25) is 0 Å². The van der Waals surface area contributed by atoms with Crippen molar-refractivity contribution >= 4 is 5.97 Å². The average Bonchev–Trinajstić information content (AvgIpc) is 2.07. The van der Waals surface area contributed by atoms with E-state index in [4.69, 9.17) is 5.11 Å². The van der Waals surface area contributed by atoms with E-state index in [1.807, 2.05) is 13.8 Å². The van der Waals surface area contributed by atoms with Gasteiger partial charge in [0.15, 0.2) is 0 Å². The Hall–Kier alpha value is -0.640. The summed E-state index contributed by atoms with van der Waals surface area (Å²) in [5.41, 5.74) is 0. The van der Waals surface area contributed by atoms with Crippen molar-refractivity contribution in [3.8, 4) is 0 Å². The third-order valence-electron chi connectivity index (χ3n) is 2.78. The molecule has 0 spiro atoms. The highest BCUT2D eigenvalue weighted by Gasteiger charge is 2.39. The van der Waals surface area contributed by atoms with Gasteiger partial charge in [-0.2, -0.15) is 0 Å². The summed E-state index contributed by atoms with van der Waals surface area (Å²) in [7, 11) is 0. The zero-order valence-electron chi connectivity index (χ0n) is 8.74. The summed E-state index contributed by atoms with van der Waals surface area (Å²) in [5.74, 6) is -0.796. The maximum absolute atomic E-state index is 13.1. The monoisotopic (exact) mass is 203 g/mol. The number of aliphatic carboxylic acids is 1. The quantitative estimate of drug-likeness (QED) is 0.739. The second kappa shape index (κ2) is 4.73. The first-order valence-corrected chi connectivity index (χ1v) is 5.14. The van der Waals surface area contributed by atoms with Crippen molar-refractivity contribution < 1.29 is 14.3 Å². The largest absolute Gasteiger partial charge is 0.481 e. The molecule has 0 aromatic heterocycles. The molecule has 1 aliphatic heterocycles. The summed E-state index contributed by atoms with van der Waals surface area (Å²) in [5, 5.41) is 8.45. The first kappa shape index (κ1) is 11.4. The lowest BCUT2D eigenvalue weighted by Gasteiger charge is -2.46. The van der Waals surface area contributed by atoms with Crippen molar-refractivity contribution in [1.82, 2.24) is 4.90 Å². The lowest BCUT2D eigenvalue weighted by Crippen LogP contribution is -2.60. The van der Waals surface area contributed by atoms with E-state index in [0.717, 1.165) is 0 Å². The molecule has 1 aliphatic rings. The Balaban J connectivity index is 2.25. The van der Waals surface area contributed by atoms with Gasteiger partial charge in [-0.3, -0.25) is 9.69 Å². The molecule has 0 amide bonds. The first-order chi connectivity index (χ1) is 6.52. The Morgan fingerprint density at radius 3 is 2.71 bits per heavy atom. The molecule has 3 nitrogen and oxygen atoms in total. The molecule has 1 fully saturated rings. The van der Waals surface area contributed by atoms with Gasteiger partial charge in [-0.05, 0) is 26.7 Å². The fourth-order valence-electron chi connectivity index (χ4n) is 1.93. The van der Waals surface area contributed by atoms with Crippen molar-refractivity contribution in [2.24, 2.45) is 0 Å². The number of carboxylic acids is 1. The van der Waals surface area contributed by atoms with Crippen molar-refractivity contribution in [3.63, 3.8) is 0 Å². The molecule has 2 unspecified atom stereocenters. The maximum atomic E-state index is 13.1. The number of carboxylic acid groups (broad SMARTS) is 1. The molecule has 82 valence electrons. The molecule has 1 saturated heterocycles. The lowest BCUT2D eigenvalue weighted by molar-refractivity contribution is -0.137. The summed E-state index contributed by atoms with van der Waals surface area (Å²) in [6.07, 6.45) is 0.621. The summed E-state index contributed by atoms with van der Waals surface area (Å²) in [6, 6.07) is 0.311. The average molecular weight is 203 g/mol. The highest BCUT2D eigenvalue weighted by atomic mass is 19.1. The van der Waals surface area contributed by atoms with Crippen LogP contribution >= 0.6 is 0 Å². The number of likely N-dealkylation sites (tertiary alicyclic amines) is 1. The third kappa shape index (κ3) is 2.67. The van der Waals surface area contributed by atoms with Crippen molar-refractivity contribution in [2.75, 3.05) is 6.54 Å². The molecule has 0 radical (unpaired) electrons. The molecule has 2 atom stereocenters. The minimum absolute atomic E-state index is 0.0469. The van der Waals surface area contributed by atoms with Crippen molar-refractivity contribution in [3.05, 3.63) is 0 Å². The Morgan fingerprint density at radius 2 is 2.29 bits per heavy atom. The van der Waals surface area contributed by atoms with Crippen LogP contribution in [0, 0.1) is 0 Å². The highest BCUT2D eigenvalue weighted by molar-refractivity contribution is 5.66. The van der Waals surface area contributed by atoms with Crippen LogP contribution in [-0.2, 0) is 4.79 Å². The van der Waals surface area contributed by atoms with Gasteiger partial charge in [0.25, 0.3) is 0 Å². The molecule has 0 aliphatic carbocycles. The highest BCUT2D eigenvalue weighted by Crippen LogP contribution is 2.27. The maximum Gasteiger partial charge on any atom is 0.303 e. The molecular weight excluding hydrogens is 185 g/mol. The number of nitrogens with zero attached hydrogens (tertiary/aromatic N) is 1. The number of hydrogen-bond donors (Lipinski definition) is 1. The van der Waals surface area contributed by atoms with Crippen LogP contribution < -0.4 is 0 Å². The zero-order valence-corrected chi connectivity index (χ0v) is 8.74. The minimum atomic E-state index is -0.796. The number of rotatable bonds is 5. The van der Waals surface area contributed by atoms with Crippen molar-refractivity contribution in [2.45, 2.75) is 51.4 Å². The molecule has 1 rings (SSSR count). The Kier molecular flexibility index (Phi) is 3.86. The van der Waals surface area contributed by atoms with Gasteiger partial charge in [0.05, 0.1) is 0 Å². The minimum Gasteiger partial charge on any atom is -0.481 e. The number of halogens is 1. The van der Waals surface area contributed by atoms with Gasteiger partial charge < -0.3 is 5.11 Å². The zero-order chi connectivity index (χ0) is 10.7. The summed E-state index contributed by atoms with van der Waals surface area (Å²) >= 11 is 0. The smallest absolute Gasteiger partial charge is 0.303 e. The van der Waals surface area contributed by atoms with Crippen LogP contribution in [0.4, 0.5) is 4.39 Å². The number of carbonyl (C=O) groups is 1. The van der Waals surface area contributed by atoms with Crippen molar-refractivity contribution in [1.29, 1.82) is 0 Å². The van der Waals surface area contributed by atoms with E-state index < -0.39 is 12.1 Å². The van der Waals surface area contributed by atoms with Gasteiger partial charge in [0, 0.05) is 25.0 Å². The standard InChI is InChI=1S/C10H18FNO2/c1-7(2)12-6-8(11)9(12)4-3-5-10(13)14/h7-9H,3-6H2,1-2H3,(H,13,14). The first-order valence-electron chi connectivity index (χ1n) is 5.14. The SMILES string of the molecule is CC(C)N1CC(F)C1CCCC(=O)O. The molecule has 1 heterocycles. The van der Waals surface area contributed by atoms with E-state index in [-0.39, 0.29) is 12.5 Å². The molecule has 0 bridgehead atoms. The molecule has 0 saturated carbocycles. The van der Waals surface area contributed by atoms with Crippen LogP contribution in [0.5, 0.6) is 0 Å². The fraction of sp³-hybridized carbons (Fsp3) is 0.900. The second-order valence-electron chi connectivity index (χ2n) is 4.16. The summed E-state index contributed by atoms with van der Waals surface area (Å²) < 4.78 is 13.1. The van der Waals surface area contributed by atoms with E-state index in [9.17, 15) is 9.18 Å². The van der Waals surface area contributed by atoms with Gasteiger partial charge in [-0.1, -0.05) is 0 Å². The number of hydrogen-bond acceptors (Lipinski definition) is 2. The van der Waals surface area contributed by atoms with Crippen LogP contribution in [0.3, 0.4) is 0 Å². The molecule has 0 aromatic rings. The van der Waals surface area contributed by atoms with E-state index in [0.29, 0.717) is 25.4 Å². The normalized spacial score (nSPS) is 27.7. The van der Waals surface area contributed by atoms with Gasteiger partial charge in [0.1, 0.15) is 6.17 Å². The van der Waals surface area contributed by atoms with Crippen LogP contribution in [0.25, 0.3) is 0 Å². The molecule has 0 aromatic carbocycles. The van der Waals surface area contributed by atoms with E-state index >= 15 is 0 Å². The summed E-state index contributed by atoms with van der Waals surface area (Å²) in [4.78, 5) is 12.4. The Labute approximate surface area is 83.9 Å². The van der Waals surface area contributed by atoms with Crippen LogP contribution in [0.15, 0.2) is 0 Å². The van der Waals surface area contributed by atoms with Crippen LogP contribution in [-0.4, -0.2) is 40.8 Å². The van der Waals surface area contributed by atoms with Gasteiger partial charge in [-0.25, -0.2) is 4.39 Å². The van der Waals surface area contributed by atoms with Crippen LogP contribution in [0.1, 0.15) is 33.1 Å². The molecular formula is C10H18FNO2. The van der Waals surface area contributed by atoms with E-state index in [1.54, 1.807) is 0 Å². The number of alkyl halides is 1. The Morgan fingerprint density at radius 1 is 1.64 bits per heavy atom. The third-order valence-corrected chi connectivity index (χ3v) is 2.78. The van der Waals surface area contributed by atoms with Gasteiger partial charge >= 0.3 is 5.97 Å². The Bertz CT molecular complexity index is 208. The molecule has 4 heteroatoms. The lowest BCUT2D eigenvalue weighted by atomic mass is 9.93. The summed E-state index contributed by atoms with van der Waals surface area (Å²) in [6.45, 7) is 4.58. The predicted octanol–water partition coefficient (Wildman–Crippen LogP) is 1.67. The fourth-order valence-corrected chi connectivity index (χ4v) is 1.93. The molecule has 14 heavy (non-hydrogen) atoms. The van der Waals surface area contributed by atoms with Crippen LogP contribution in [0.2, 0.25) is 0 Å². The van der Waals surface area contributed by atoms with E-state index in [1.165, 1.54) is 0 Å². The van der Waals surface area contributed by atoms with E-state index in [2.05, 4.69) is 4.90 Å². The predicted molar refractivity (Wildman–Crippen MR) is 52.0 cm³/mol. The second-order valence-corrected chi connectivity index (χ2v) is 4.16. The molecule has 1 N–H and O–H groups in total. The van der Waals surface area contributed by atoms with Gasteiger partial charge in [-0.15, -0.1) is 0 Å². The topological polar surface area (TPSA) is 40.5 Å².